The minimum Gasteiger partial charge on any atom is -0.506 e. The highest BCUT2D eigenvalue weighted by molar-refractivity contribution is 7.89. The minimum absolute atomic E-state index is 0.0781. The number of nitrogens with two attached hydrogens (primary N) is 1. The van der Waals surface area contributed by atoms with Gasteiger partial charge in [-0.05, 0) is 31.5 Å². The molecule has 2 rings (SSSR count). The monoisotopic (exact) mass is 313 g/mol. The first-order valence-corrected chi connectivity index (χ1v) is 8.63. The fourth-order valence-corrected chi connectivity index (χ4v) is 3.94. The van der Waals surface area contributed by atoms with Gasteiger partial charge in [0.2, 0.25) is 10.0 Å². The summed E-state index contributed by atoms with van der Waals surface area (Å²) in [5.74, 6) is -0.101. The average Bonchev–Trinajstić information content (AvgIpc) is 2.49. The van der Waals surface area contributed by atoms with E-state index in [2.05, 4.69) is 18.7 Å². The Labute approximate surface area is 126 Å². The normalized spacial score (nSPS) is 19.5. The second-order valence-electron chi connectivity index (χ2n) is 5.42. The Balaban J connectivity index is 2.13. The van der Waals surface area contributed by atoms with Crippen molar-refractivity contribution < 1.29 is 13.5 Å². The van der Waals surface area contributed by atoms with Crippen LogP contribution in [0.3, 0.4) is 0 Å². The van der Waals surface area contributed by atoms with Gasteiger partial charge >= 0.3 is 0 Å². The molecule has 1 atom stereocenters. The van der Waals surface area contributed by atoms with Crippen LogP contribution in [0.15, 0.2) is 23.1 Å². The number of piperazine rings is 1. The van der Waals surface area contributed by atoms with E-state index in [1.54, 1.807) is 0 Å². The van der Waals surface area contributed by atoms with Crippen LogP contribution in [-0.2, 0) is 10.0 Å². The Hall–Kier alpha value is -1.31. The molecule has 0 bridgehead atoms. The topological polar surface area (TPSA) is 86.9 Å². The molecule has 0 amide bonds. The Morgan fingerprint density at radius 3 is 2.43 bits per heavy atom. The number of nitrogen functional groups attached to an aromatic ring is 1. The summed E-state index contributed by atoms with van der Waals surface area (Å²) in [7, 11) is -3.54. The maximum Gasteiger partial charge on any atom is 0.243 e. The van der Waals surface area contributed by atoms with Crippen LogP contribution in [0.2, 0.25) is 0 Å². The molecule has 0 aliphatic carbocycles. The first-order valence-electron chi connectivity index (χ1n) is 7.19. The molecule has 0 radical (unpaired) electrons. The predicted octanol–water partition coefficient (Wildman–Crippen LogP) is 1.08. The van der Waals surface area contributed by atoms with Gasteiger partial charge in [0.15, 0.2) is 0 Å². The number of benzene rings is 1. The predicted molar refractivity (Wildman–Crippen MR) is 82.6 cm³/mol. The number of aromatic hydroxyl groups is 1. The van der Waals surface area contributed by atoms with E-state index in [0.29, 0.717) is 19.1 Å². The standard InChI is InChI=1S/C14H23N3O3S/c1-3-11(2)16-6-8-17(9-7-16)21(19,20)12-4-5-14(18)13(15)10-12/h4-5,10-11,18H,3,6-9,15H2,1-2H3. The Kier molecular flexibility index (Phi) is 4.75. The van der Waals surface area contributed by atoms with E-state index < -0.39 is 10.0 Å². The molecular weight excluding hydrogens is 290 g/mol. The molecule has 0 saturated carbocycles. The maximum atomic E-state index is 12.6. The third-order valence-electron chi connectivity index (χ3n) is 4.12. The van der Waals surface area contributed by atoms with Crippen LogP contribution in [0, 0.1) is 0 Å². The molecule has 0 aromatic heterocycles. The first kappa shape index (κ1) is 16.1. The van der Waals surface area contributed by atoms with Crippen molar-refractivity contribution in [3.63, 3.8) is 0 Å². The lowest BCUT2D eigenvalue weighted by atomic mass is 10.2. The van der Waals surface area contributed by atoms with Gasteiger partial charge < -0.3 is 10.8 Å². The summed E-state index contributed by atoms with van der Waals surface area (Å²) >= 11 is 0. The summed E-state index contributed by atoms with van der Waals surface area (Å²) in [4.78, 5) is 2.44. The molecular formula is C14H23N3O3S. The number of anilines is 1. The van der Waals surface area contributed by atoms with Crippen molar-refractivity contribution in [1.82, 2.24) is 9.21 Å². The van der Waals surface area contributed by atoms with Crippen LogP contribution in [-0.4, -0.2) is 55.0 Å². The second kappa shape index (κ2) is 6.21. The molecule has 1 aromatic rings. The lowest BCUT2D eigenvalue weighted by Crippen LogP contribution is -2.51. The van der Waals surface area contributed by atoms with E-state index in [1.165, 1.54) is 22.5 Å². The van der Waals surface area contributed by atoms with E-state index in [0.717, 1.165) is 19.5 Å². The molecule has 1 fully saturated rings. The fourth-order valence-electron chi connectivity index (χ4n) is 2.49. The largest absolute Gasteiger partial charge is 0.506 e. The van der Waals surface area contributed by atoms with Crippen LogP contribution in [0.5, 0.6) is 5.75 Å². The molecule has 118 valence electrons. The summed E-state index contributed by atoms with van der Waals surface area (Å²) in [6, 6.07) is 4.49. The number of hydrogen-bond acceptors (Lipinski definition) is 5. The molecule has 1 aliphatic rings. The SMILES string of the molecule is CCC(C)N1CCN(S(=O)(=O)c2ccc(O)c(N)c2)CC1. The van der Waals surface area contributed by atoms with Crippen molar-refractivity contribution in [1.29, 1.82) is 0 Å². The second-order valence-corrected chi connectivity index (χ2v) is 7.36. The Bertz CT molecular complexity index is 595. The molecule has 1 unspecified atom stereocenters. The smallest absolute Gasteiger partial charge is 0.243 e. The third kappa shape index (κ3) is 3.30. The zero-order valence-corrected chi connectivity index (χ0v) is 13.3. The van der Waals surface area contributed by atoms with E-state index in [9.17, 15) is 13.5 Å². The molecule has 3 N–H and O–H groups in total. The lowest BCUT2D eigenvalue weighted by Gasteiger charge is -2.37. The summed E-state index contributed by atoms with van der Waals surface area (Å²) in [6.07, 6.45) is 1.06. The van der Waals surface area contributed by atoms with Gasteiger partial charge in [-0.2, -0.15) is 4.31 Å². The molecule has 1 aromatic carbocycles. The van der Waals surface area contributed by atoms with Crippen molar-refractivity contribution in [2.24, 2.45) is 0 Å². The molecule has 0 spiro atoms. The zero-order valence-electron chi connectivity index (χ0n) is 12.5. The van der Waals surface area contributed by atoms with Gasteiger partial charge in [0.1, 0.15) is 5.75 Å². The number of nitrogens with zero attached hydrogens (tertiary/aromatic N) is 2. The summed E-state index contributed by atoms with van der Waals surface area (Å²) in [5, 5.41) is 9.40. The van der Waals surface area contributed by atoms with Gasteiger partial charge in [-0.25, -0.2) is 8.42 Å². The number of rotatable bonds is 4. The van der Waals surface area contributed by atoms with Gasteiger partial charge in [0, 0.05) is 32.2 Å². The summed E-state index contributed by atoms with van der Waals surface area (Å²) in [5.41, 5.74) is 5.66. The van der Waals surface area contributed by atoms with Crippen molar-refractivity contribution in [3.05, 3.63) is 18.2 Å². The maximum absolute atomic E-state index is 12.6. The highest BCUT2D eigenvalue weighted by Crippen LogP contribution is 2.26. The molecule has 1 heterocycles. The summed E-state index contributed by atoms with van der Waals surface area (Å²) < 4.78 is 26.6. The molecule has 7 heteroatoms. The van der Waals surface area contributed by atoms with Gasteiger partial charge in [-0.1, -0.05) is 6.92 Å². The highest BCUT2D eigenvalue weighted by atomic mass is 32.2. The third-order valence-corrected chi connectivity index (χ3v) is 6.02. The van der Waals surface area contributed by atoms with Crippen molar-refractivity contribution in [3.8, 4) is 5.75 Å². The minimum atomic E-state index is -3.54. The van der Waals surface area contributed by atoms with Crippen molar-refractivity contribution in [2.75, 3.05) is 31.9 Å². The molecule has 21 heavy (non-hydrogen) atoms. The van der Waals surface area contributed by atoms with Gasteiger partial charge in [0.25, 0.3) is 0 Å². The van der Waals surface area contributed by atoms with Crippen LogP contribution in [0.25, 0.3) is 0 Å². The number of phenols is 1. The van der Waals surface area contributed by atoms with Gasteiger partial charge in [-0.15, -0.1) is 0 Å². The Morgan fingerprint density at radius 2 is 1.90 bits per heavy atom. The van der Waals surface area contributed by atoms with Gasteiger partial charge in [0.05, 0.1) is 10.6 Å². The number of phenolic OH excluding ortho intramolecular Hbond substituents is 1. The van der Waals surface area contributed by atoms with E-state index >= 15 is 0 Å². The van der Waals surface area contributed by atoms with Crippen LogP contribution < -0.4 is 5.73 Å². The lowest BCUT2D eigenvalue weighted by molar-refractivity contribution is 0.142. The number of sulfonamides is 1. The van der Waals surface area contributed by atoms with E-state index in [4.69, 9.17) is 5.73 Å². The van der Waals surface area contributed by atoms with Crippen molar-refractivity contribution >= 4 is 15.7 Å². The van der Waals surface area contributed by atoms with Crippen molar-refractivity contribution in [2.45, 2.75) is 31.2 Å². The molecule has 6 nitrogen and oxygen atoms in total. The first-order chi connectivity index (χ1) is 9.86. The van der Waals surface area contributed by atoms with Crippen LogP contribution in [0.1, 0.15) is 20.3 Å². The van der Waals surface area contributed by atoms with Crippen LogP contribution >= 0.6 is 0 Å². The highest BCUT2D eigenvalue weighted by Gasteiger charge is 2.29. The van der Waals surface area contributed by atoms with Gasteiger partial charge in [-0.3, -0.25) is 4.90 Å². The fraction of sp³-hybridized carbons (Fsp3) is 0.571. The zero-order chi connectivity index (χ0) is 15.6. The summed E-state index contributed by atoms with van der Waals surface area (Å²) in [6.45, 7) is 6.72. The number of hydrogen-bond donors (Lipinski definition) is 2. The molecule has 1 saturated heterocycles. The van der Waals surface area contributed by atoms with E-state index in [-0.39, 0.29) is 16.3 Å². The Morgan fingerprint density at radius 1 is 1.29 bits per heavy atom. The average molecular weight is 313 g/mol. The van der Waals surface area contributed by atoms with E-state index in [1.807, 2.05) is 0 Å². The van der Waals surface area contributed by atoms with Crippen LogP contribution in [0.4, 0.5) is 5.69 Å². The quantitative estimate of drug-likeness (QED) is 0.641. The molecule has 1 aliphatic heterocycles.